The van der Waals surface area contributed by atoms with Crippen LogP contribution < -0.4 is 14.4 Å². The number of ether oxygens (including phenoxy) is 3. The molecular weight excluding hydrogens is 451 g/mol. The van der Waals surface area contributed by atoms with Gasteiger partial charge in [0.05, 0.1) is 6.54 Å². The molecule has 2 aliphatic rings. The van der Waals surface area contributed by atoms with Gasteiger partial charge in [0.15, 0.2) is 5.60 Å². The summed E-state index contributed by atoms with van der Waals surface area (Å²) >= 11 is 0. The van der Waals surface area contributed by atoms with Gasteiger partial charge in [0.2, 0.25) is 0 Å². The van der Waals surface area contributed by atoms with Gasteiger partial charge in [-0.3, -0.25) is 4.57 Å². The summed E-state index contributed by atoms with van der Waals surface area (Å²) in [5.41, 5.74) is -0.178. The molecule has 1 atom stereocenters. The molecule has 1 amide bonds. The quantitative estimate of drug-likeness (QED) is 0.484. The zero-order valence-electron chi connectivity index (χ0n) is 17.4. The fourth-order valence-electron chi connectivity index (χ4n) is 3.67. The van der Waals surface area contributed by atoms with Crippen LogP contribution in [0.4, 0.5) is 29.5 Å². The first kappa shape index (κ1) is 22.5. The lowest BCUT2D eigenvalue weighted by Gasteiger charge is -2.36. The molecule has 11 nitrogen and oxygen atoms in total. The molecule has 1 aromatic carbocycles. The second-order valence-electron chi connectivity index (χ2n) is 7.89. The van der Waals surface area contributed by atoms with Crippen molar-refractivity contribution in [3.63, 3.8) is 0 Å². The van der Waals surface area contributed by atoms with Gasteiger partial charge in [-0.2, -0.15) is 0 Å². The summed E-state index contributed by atoms with van der Waals surface area (Å²) < 4.78 is 53.2. The minimum absolute atomic E-state index is 0.0656. The smallest absolute Gasteiger partial charge is 0.445 e. The number of aromatic nitrogens is 2. The number of imidazole rings is 1. The molecule has 0 radical (unpaired) electrons. The third-order valence-corrected chi connectivity index (χ3v) is 5.23. The zero-order valence-corrected chi connectivity index (χ0v) is 17.4. The SMILES string of the molecule is CC1(COC(=O)N2CCN(c3ccc(OC(F)(F)F)cc3)CC2)Cn2cc([N+](=O)[O-])nc2O1. The molecule has 1 fully saturated rings. The summed E-state index contributed by atoms with van der Waals surface area (Å²) in [6.07, 6.45) is -4.00. The Morgan fingerprint density at radius 2 is 1.91 bits per heavy atom. The Morgan fingerprint density at radius 3 is 2.48 bits per heavy atom. The summed E-state index contributed by atoms with van der Waals surface area (Å²) in [6, 6.07) is 5.64. The van der Waals surface area contributed by atoms with E-state index in [9.17, 15) is 28.1 Å². The maximum Gasteiger partial charge on any atom is 0.573 e. The highest BCUT2D eigenvalue weighted by Gasteiger charge is 2.42. The Labute approximate surface area is 185 Å². The minimum Gasteiger partial charge on any atom is -0.445 e. The number of hydrogen-bond donors (Lipinski definition) is 0. The van der Waals surface area contributed by atoms with E-state index in [1.54, 1.807) is 6.92 Å². The third kappa shape index (κ3) is 5.21. The van der Waals surface area contributed by atoms with Crippen molar-refractivity contribution in [3.05, 3.63) is 40.6 Å². The second kappa shape index (κ2) is 8.33. The van der Waals surface area contributed by atoms with Gasteiger partial charge in [0.1, 0.15) is 18.6 Å². The molecule has 1 aromatic heterocycles. The lowest BCUT2D eigenvalue weighted by molar-refractivity contribution is -0.389. The maximum atomic E-state index is 12.5. The molecule has 2 aliphatic heterocycles. The number of nitro groups is 1. The van der Waals surface area contributed by atoms with Crippen LogP contribution in [0.25, 0.3) is 0 Å². The third-order valence-electron chi connectivity index (χ3n) is 5.23. The van der Waals surface area contributed by atoms with Gasteiger partial charge >= 0.3 is 24.3 Å². The van der Waals surface area contributed by atoms with Crippen LogP contribution in [0.5, 0.6) is 11.8 Å². The Kier molecular flexibility index (Phi) is 5.68. The first-order chi connectivity index (χ1) is 15.5. The number of amides is 1. The highest BCUT2D eigenvalue weighted by atomic mass is 19.4. The standard InChI is InChI=1S/C19H20F3N5O6/c1-18(11-26-10-15(27(29)30)23-16(26)33-18)12-31-17(28)25-8-6-24(7-9-25)13-2-4-14(5-3-13)32-19(20,21)22/h2-5,10H,6-9,11-12H2,1H3. The highest BCUT2D eigenvalue weighted by molar-refractivity contribution is 5.68. The zero-order chi connectivity index (χ0) is 23.8. The van der Waals surface area contributed by atoms with E-state index in [0.717, 1.165) is 0 Å². The Bertz CT molecular complexity index is 1010. The van der Waals surface area contributed by atoms with Crippen LogP contribution in [-0.4, -0.2) is 70.2 Å². The average Bonchev–Trinajstić information content (AvgIpc) is 3.27. The number of carbonyl (C=O) groups excluding carboxylic acids is 1. The summed E-state index contributed by atoms with van der Waals surface area (Å²) in [6.45, 7) is 3.58. The van der Waals surface area contributed by atoms with Gasteiger partial charge in [-0.15, -0.1) is 13.2 Å². The number of anilines is 1. The van der Waals surface area contributed by atoms with Gasteiger partial charge in [-0.05, 0) is 36.1 Å². The molecule has 1 saturated heterocycles. The van der Waals surface area contributed by atoms with Crippen LogP contribution in [-0.2, 0) is 11.3 Å². The maximum absolute atomic E-state index is 12.5. The van der Waals surface area contributed by atoms with Crippen molar-refractivity contribution in [1.29, 1.82) is 0 Å². The number of rotatable bonds is 5. The molecule has 14 heteroatoms. The van der Waals surface area contributed by atoms with Crippen molar-refractivity contribution < 1.29 is 37.1 Å². The second-order valence-corrected chi connectivity index (χ2v) is 7.89. The Hall–Kier alpha value is -3.71. The fourth-order valence-corrected chi connectivity index (χ4v) is 3.67. The van der Waals surface area contributed by atoms with Gasteiger partial charge in [-0.1, -0.05) is 0 Å². The molecule has 0 bridgehead atoms. The van der Waals surface area contributed by atoms with E-state index >= 15 is 0 Å². The van der Waals surface area contributed by atoms with E-state index in [-0.39, 0.29) is 30.7 Å². The largest absolute Gasteiger partial charge is 0.573 e. The monoisotopic (exact) mass is 471 g/mol. The van der Waals surface area contributed by atoms with Crippen molar-refractivity contribution in [3.8, 4) is 11.8 Å². The average molecular weight is 471 g/mol. The summed E-state index contributed by atoms with van der Waals surface area (Å²) in [7, 11) is 0. The van der Waals surface area contributed by atoms with E-state index in [4.69, 9.17) is 9.47 Å². The molecule has 4 rings (SSSR count). The number of benzene rings is 1. The van der Waals surface area contributed by atoms with Gasteiger partial charge < -0.3 is 34.1 Å². The lowest BCUT2D eigenvalue weighted by atomic mass is 10.1. The first-order valence-corrected chi connectivity index (χ1v) is 9.94. The van der Waals surface area contributed by atoms with E-state index in [1.807, 2.05) is 4.90 Å². The number of piperazine rings is 1. The van der Waals surface area contributed by atoms with Crippen LogP contribution in [0.3, 0.4) is 0 Å². The van der Waals surface area contributed by atoms with Crippen LogP contribution >= 0.6 is 0 Å². The summed E-state index contributed by atoms with van der Waals surface area (Å²) in [4.78, 5) is 29.9. The Balaban J connectivity index is 1.24. The first-order valence-electron chi connectivity index (χ1n) is 9.94. The lowest BCUT2D eigenvalue weighted by Crippen LogP contribution is -2.50. The normalized spacial score (nSPS) is 20.2. The van der Waals surface area contributed by atoms with Crippen LogP contribution in [0.15, 0.2) is 30.5 Å². The fraction of sp³-hybridized carbons (Fsp3) is 0.474. The van der Waals surface area contributed by atoms with Crippen molar-refractivity contribution in [2.24, 2.45) is 0 Å². The summed E-state index contributed by atoms with van der Waals surface area (Å²) in [5.74, 6) is -0.614. The predicted molar refractivity (Wildman–Crippen MR) is 106 cm³/mol. The molecule has 1 unspecified atom stereocenters. The number of halogens is 3. The molecule has 2 aromatic rings. The summed E-state index contributed by atoms with van der Waals surface area (Å²) in [5, 5.41) is 10.8. The molecule has 33 heavy (non-hydrogen) atoms. The van der Waals surface area contributed by atoms with Crippen LogP contribution in [0.2, 0.25) is 0 Å². The molecule has 0 saturated carbocycles. The minimum atomic E-state index is -4.74. The van der Waals surface area contributed by atoms with Gasteiger partial charge in [0.25, 0.3) is 0 Å². The molecule has 3 heterocycles. The Morgan fingerprint density at radius 1 is 1.24 bits per heavy atom. The van der Waals surface area contributed by atoms with Crippen molar-refractivity contribution >= 4 is 17.6 Å². The van der Waals surface area contributed by atoms with Crippen molar-refractivity contribution in [2.45, 2.75) is 25.4 Å². The number of nitrogens with zero attached hydrogens (tertiary/aromatic N) is 5. The van der Waals surface area contributed by atoms with Crippen LogP contribution in [0.1, 0.15) is 6.92 Å². The van der Waals surface area contributed by atoms with Crippen molar-refractivity contribution in [2.75, 3.05) is 37.7 Å². The number of alkyl halides is 3. The van der Waals surface area contributed by atoms with Gasteiger partial charge in [-0.25, -0.2) is 4.79 Å². The van der Waals surface area contributed by atoms with E-state index in [0.29, 0.717) is 31.9 Å². The van der Waals surface area contributed by atoms with E-state index in [1.165, 1.54) is 39.9 Å². The number of fused-ring (bicyclic) bond motifs is 1. The number of carbonyl (C=O) groups is 1. The number of hydrogen-bond acceptors (Lipinski definition) is 8. The molecular formula is C19H20F3N5O6. The predicted octanol–water partition coefficient (Wildman–Crippen LogP) is 2.80. The molecule has 0 N–H and O–H groups in total. The van der Waals surface area contributed by atoms with Crippen molar-refractivity contribution in [1.82, 2.24) is 14.5 Å². The van der Waals surface area contributed by atoms with Gasteiger partial charge in [0, 0.05) is 36.9 Å². The topological polar surface area (TPSA) is 112 Å². The van der Waals surface area contributed by atoms with E-state index < -0.39 is 23.0 Å². The molecule has 178 valence electrons. The molecule has 0 spiro atoms. The highest BCUT2D eigenvalue weighted by Crippen LogP contribution is 2.31. The van der Waals surface area contributed by atoms with Crippen LogP contribution in [0, 0.1) is 10.1 Å². The van der Waals surface area contributed by atoms with E-state index in [2.05, 4.69) is 9.72 Å². The molecule has 0 aliphatic carbocycles.